The Balaban J connectivity index is 1.63. The minimum absolute atomic E-state index is 0.0559. The van der Waals surface area contributed by atoms with Crippen molar-refractivity contribution in [2.24, 2.45) is 0 Å². The second kappa shape index (κ2) is 8.60. The predicted octanol–water partition coefficient (Wildman–Crippen LogP) is 3.07. The highest BCUT2D eigenvalue weighted by atomic mass is 16.2. The Bertz CT molecular complexity index is 746. The number of imidazole rings is 1. The van der Waals surface area contributed by atoms with Crippen LogP contribution in [0.5, 0.6) is 0 Å². The van der Waals surface area contributed by atoms with Gasteiger partial charge in [0.05, 0.1) is 11.9 Å². The van der Waals surface area contributed by atoms with E-state index in [9.17, 15) is 9.59 Å². The van der Waals surface area contributed by atoms with Gasteiger partial charge in [-0.15, -0.1) is 0 Å². The van der Waals surface area contributed by atoms with Crippen molar-refractivity contribution in [1.29, 1.82) is 0 Å². The largest absolute Gasteiger partial charge is 0.348 e. The maximum atomic E-state index is 12.4. The van der Waals surface area contributed by atoms with E-state index in [4.69, 9.17) is 0 Å². The van der Waals surface area contributed by atoms with Crippen LogP contribution < -0.4 is 10.6 Å². The number of carbonyl (C=O) groups is 2. The Morgan fingerprint density at radius 3 is 2.58 bits per heavy atom. The summed E-state index contributed by atoms with van der Waals surface area (Å²) in [4.78, 5) is 32.3. The average molecular weight is 355 g/mol. The molecule has 26 heavy (non-hydrogen) atoms. The number of pyridine rings is 1. The zero-order valence-electron chi connectivity index (χ0n) is 15.1. The molecule has 3 rings (SSSR count). The zero-order valence-corrected chi connectivity index (χ0v) is 15.1. The monoisotopic (exact) mass is 355 g/mol. The molecule has 1 aliphatic carbocycles. The molecule has 0 radical (unpaired) electrons. The van der Waals surface area contributed by atoms with Gasteiger partial charge in [-0.25, -0.2) is 9.97 Å². The Labute approximate surface area is 153 Å². The van der Waals surface area contributed by atoms with Gasteiger partial charge in [-0.05, 0) is 25.0 Å². The quantitative estimate of drug-likeness (QED) is 0.807. The van der Waals surface area contributed by atoms with Gasteiger partial charge < -0.3 is 10.6 Å². The molecule has 2 N–H and O–H groups in total. The molecule has 7 heteroatoms. The molecular weight excluding hydrogens is 330 g/mol. The number of hydrogen-bond donors (Lipinski definition) is 2. The molecule has 0 bridgehead atoms. The van der Waals surface area contributed by atoms with Crippen LogP contribution in [0.25, 0.3) is 5.82 Å². The lowest BCUT2D eigenvalue weighted by Gasteiger charge is -2.15. The van der Waals surface area contributed by atoms with Crippen LogP contribution in [0.1, 0.15) is 62.4 Å². The van der Waals surface area contributed by atoms with E-state index in [1.54, 1.807) is 42.3 Å². The van der Waals surface area contributed by atoms with Gasteiger partial charge in [-0.3, -0.25) is 14.2 Å². The lowest BCUT2D eigenvalue weighted by atomic mass is 10.1. The molecular formula is C19H25N5O2. The number of rotatable bonds is 5. The van der Waals surface area contributed by atoms with E-state index in [-0.39, 0.29) is 17.9 Å². The van der Waals surface area contributed by atoms with Crippen LogP contribution in [-0.4, -0.2) is 32.4 Å². The molecule has 1 aliphatic rings. The van der Waals surface area contributed by atoms with Gasteiger partial charge in [0.15, 0.2) is 0 Å². The highest BCUT2D eigenvalue weighted by molar-refractivity contribution is 5.92. The normalized spacial score (nSPS) is 15.3. The van der Waals surface area contributed by atoms with Crippen LogP contribution in [0.15, 0.2) is 30.9 Å². The van der Waals surface area contributed by atoms with Gasteiger partial charge in [0.2, 0.25) is 5.91 Å². The molecule has 2 aromatic rings. The third kappa shape index (κ3) is 4.68. The summed E-state index contributed by atoms with van der Waals surface area (Å²) < 4.78 is 1.70. The topological polar surface area (TPSA) is 88.9 Å². The van der Waals surface area contributed by atoms with Crippen molar-refractivity contribution < 1.29 is 9.59 Å². The number of amides is 2. The van der Waals surface area contributed by atoms with Crippen LogP contribution in [0.4, 0.5) is 5.69 Å². The maximum absolute atomic E-state index is 12.4. The average Bonchev–Trinajstić information content (AvgIpc) is 3.01. The predicted molar refractivity (Wildman–Crippen MR) is 99.2 cm³/mol. The van der Waals surface area contributed by atoms with E-state index >= 15 is 0 Å². The van der Waals surface area contributed by atoms with E-state index in [0.29, 0.717) is 23.6 Å². The van der Waals surface area contributed by atoms with Crippen molar-refractivity contribution in [3.8, 4) is 5.82 Å². The van der Waals surface area contributed by atoms with Crippen LogP contribution >= 0.6 is 0 Å². The number of carbonyl (C=O) groups excluding carboxylic acids is 2. The Morgan fingerprint density at radius 2 is 1.92 bits per heavy atom. The smallest absolute Gasteiger partial charge is 0.271 e. The molecule has 0 aliphatic heterocycles. The highest BCUT2D eigenvalue weighted by Gasteiger charge is 2.17. The molecule has 2 heterocycles. The lowest BCUT2D eigenvalue weighted by molar-refractivity contribution is -0.115. The first-order valence-electron chi connectivity index (χ1n) is 9.27. The van der Waals surface area contributed by atoms with Crippen molar-refractivity contribution >= 4 is 17.5 Å². The van der Waals surface area contributed by atoms with E-state index < -0.39 is 0 Å². The molecule has 138 valence electrons. The summed E-state index contributed by atoms with van der Waals surface area (Å²) in [5.41, 5.74) is 1.03. The van der Waals surface area contributed by atoms with E-state index in [1.807, 2.05) is 0 Å². The van der Waals surface area contributed by atoms with Crippen LogP contribution in [0, 0.1) is 0 Å². The molecule has 0 spiro atoms. The van der Waals surface area contributed by atoms with Crippen LogP contribution in [-0.2, 0) is 4.79 Å². The summed E-state index contributed by atoms with van der Waals surface area (Å²) in [6, 6.07) is 3.80. The molecule has 0 saturated heterocycles. The summed E-state index contributed by atoms with van der Waals surface area (Å²) in [5, 5.41) is 5.85. The molecule has 0 unspecified atom stereocenters. The first kappa shape index (κ1) is 18.1. The molecule has 2 amide bonds. The summed E-state index contributed by atoms with van der Waals surface area (Å²) in [6.45, 7) is 1.80. The van der Waals surface area contributed by atoms with Crippen molar-refractivity contribution in [1.82, 2.24) is 19.9 Å². The Hall–Kier alpha value is -2.70. The standard InChI is InChI=1S/C19H25N5O2/c1-2-18(25)22-15-9-10-17(20-11-15)24-12-16(21-13-24)19(26)23-14-7-5-3-4-6-8-14/h9-14H,2-8H2,1H3,(H,22,25)(H,23,26). The van der Waals surface area contributed by atoms with Gasteiger partial charge in [0.25, 0.3) is 5.91 Å². The molecule has 2 aromatic heterocycles. The molecule has 0 aromatic carbocycles. The second-order valence-corrected chi connectivity index (χ2v) is 6.63. The molecule has 1 saturated carbocycles. The first-order valence-corrected chi connectivity index (χ1v) is 9.27. The van der Waals surface area contributed by atoms with Crippen LogP contribution in [0.3, 0.4) is 0 Å². The van der Waals surface area contributed by atoms with Gasteiger partial charge >= 0.3 is 0 Å². The number of anilines is 1. The minimum atomic E-state index is -0.137. The number of nitrogens with zero attached hydrogens (tertiary/aromatic N) is 3. The highest BCUT2D eigenvalue weighted by Crippen LogP contribution is 2.18. The molecule has 1 fully saturated rings. The number of aromatic nitrogens is 3. The SMILES string of the molecule is CCC(=O)Nc1ccc(-n2cnc(C(=O)NC3CCCCCC3)c2)nc1. The first-order chi connectivity index (χ1) is 12.7. The fourth-order valence-corrected chi connectivity index (χ4v) is 3.11. The maximum Gasteiger partial charge on any atom is 0.271 e. The molecule has 0 atom stereocenters. The minimum Gasteiger partial charge on any atom is -0.348 e. The fourth-order valence-electron chi connectivity index (χ4n) is 3.11. The zero-order chi connectivity index (χ0) is 18.4. The van der Waals surface area contributed by atoms with Gasteiger partial charge in [0, 0.05) is 18.7 Å². The van der Waals surface area contributed by atoms with E-state index in [1.165, 1.54) is 25.7 Å². The van der Waals surface area contributed by atoms with Crippen molar-refractivity contribution in [2.45, 2.75) is 57.9 Å². The van der Waals surface area contributed by atoms with Crippen molar-refractivity contribution in [3.63, 3.8) is 0 Å². The number of nitrogens with one attached hydrogen (secondary N) is 2. The van der Waals surface area contributed by atoms with Crippen molar-refractivity contribution in [2.75, 3.05) is 5.32 Å². The van der Waals surface area contributed by atoms with Crippen LogP contribution in [0.2, 0.25) is 0 Å². The third-order valence-corrected chi connectivity index (χ3v) is 4.62. The molecule has 7 nitrogen and oxygen atoms in total. The van der Waals surface area contributed by atoms with Crippen molar-refractivity contribution in [3.05, 3.63) is 36.5 Å². The van der Waals surface area contributed by atoms with Gasteiger partial charge in [-0.2, -0.15) is 0 Å². The van der Waals surface area contributed by atoms with E-state index in [0.717, 1.165) is 12.8 Å². The second-order valence-electron chi connectivity index (χ2n) is 6.63. The summed E-state index contributed by atoms with van der Waals surface area (Å²) >= 11 is 0. The van der Waals surface area contributed by atoms with Gasteiger partial charge in [0.1, 0.15) is 17.8 Å². The Kier molecular flexibility index (Phi) is 5.99. The number of hydrogen-bond acceptors (Lipinski definition) is 4. The van der Waals surface area contributed by atoms with Gasteiger partial charge in [-0.1, -0.05) is 32.6 Å². The third-order valence-electron chi connectivity index (χ3n) is 4.62. The lowest BCUT2D eigenvalue weighted by Crippen LogP contribution is -2.34. The summed E-state index contributed by atoms with van der Waals surface area (Å²) in [7, 11) is 0. The fraction of sp³-hybridized carbons (Fsp3) is 0.474. The summed E-state index contributed by atoms with van der Waals surface area (Å²) in [6.07, 6.45) is 12.2. The van der Waals surface area contributed by atoms with E-state index in [2.05, 4.69) is 20.6 Å². The Morgan fingerprint density at radius 1 is 1.15 bits per heavy atom. The summed E-state index contributed by atoms with van der Waals surface area (Å²) in [5.74, 6) is 0.447.